The second-order valence-corrected chi connectivity index (χ2v) is 25.6. The summed E-state index contributed by atoms with van der Waals surface area (Å²) in [4.78, 5) is 150. The van der Waals surface area contributed by atoms with Gasteiger partial charge in [-0.05, 0) is 73.4 Å². The molecular weight excluding hydrogens is 1450 g/mol. The number of halogens is 2. The molecule has 4 aliphatic rings. The smallest absolute Gasteiger partial charge is 0.343 e. The van der Waals surface area contributed by atoms with Crippen LogP contribution in [0.2, 0.25) is 0 Å². The second-order valence-electron chi connectivity index (χ2n) is 25.6. The Morgan fingerprint density at radius 3 is 1.89 bits per heavy atom. The molecule has 33 nitrogen and oxygen atoms in total. The zero-order valence-corrected chi connectivity index (χ0v) is 61.5. The first-order valence-electron chi connectivity index (χ1n) is 36.2. The van der Waals surface area contributed by atoms with Gasteiger partial charge in [-0.1, -0.05) is 37.3 Å². The standard InChI is InChI=1S/C75H92F2N10O23/c1-4-75(99)55-37-60-68-53(43-86(60)73(97)54(55)44-109-74(75)98)52(67-50-13-8-12-49(50)56(76)38-58(67)85-68)39-81-70(94)46(2)110-45-83-63(90)41-82-72(96)59(34-47-10-6-5-7-11-47)84-64(91)42-80-62(89)40-79-61(88)14-9-18-108-69-51(35-48(36-57(69)77)87-65(92)15-16-66(87)93)71(95)78-17-19-101-22-23-103-26-27-105-30-31-107-33-32-106-29-28-104-25-24-102-21-20-100-3/h5-7,10-11,15-16,35-38,46,59,99H,4,8-9,12-14,17-34,39-45H2,1-3H3,(H,78,95)(H,79,88)(H,80,89)(H,81,94)(H,82,96)(H,83,90)(H,84,91)/t46-,59-,75-/m0/s1. The van der Waals surface area contributed by atoms with Gasteiger partial charge in [-0.3, -0.25) is 47.9 Å². The van der Waals surface area contributed by atoms with Crippen molar-refractivity contribution in [2.24, 2.45) is 0 Å². The van der Waals surface area contributed by atoms with Gasteiger partial charge in [0.1, 0.15) is 31.3 Å². The number of amides is 9. The topological polar surface area (TPSA) is 415 Å². The summed E-state index contributed by atoms with van der Waals surface area (Å²) in [7, 11) is 1.61. The van der Waals surface area contributed by atoms with Crippen LogP contribution in [0.5, 0.6) is 5.75 Å². The molecule has 594 valence electrons. The SMILES string of the molecule is CC[C@@]1(O)C(=O)OCc2c1cc1n(c2=O)Cc2c-1nc1cc(F)c3c(c1c2CNC(=O)[C@H](C)OCNC(=O)CNC(=O)[C@H](Cc1ccccc1)NC(=O)CNC(=O)CNC(=O)CCCOc1c(F)cc(N2C(=O)C=CC2=O)cc1C(=O)NCCOCCOCCOCCOCCOCCOCCOCCOC)CCC3. The highest BCUT2D eigenvalue weighted by molar-refractivity contribution is 6.28. The third-order valence-electron chi connectivity index (χ3n) is 18.1. The molecule has 5 heterocycles. The normalized spacial score (nSPS) is 15.1. The van der Waals surface area contributed by atoms with Gasteiger partial charge in [-0.2, -0.15) is 0 Å². The molecule has 2 aromatic heterocycles. The van der Waals surface area contributed by atoms with Crippen molar-refractivity contribution in [2.45, 2.75) is 96.2 Å². The van der Waals surface area contributed by atoms with Crippen LogP contribution in [0.3, 0.4) is 0 Å². The number of pyridine rings is 2. The Morgan fingerprint density at radius 1 is 0.645 bits per heavy atom. The number of nitrogens with zero attached hydrogens (tertiary/aromatic N) is 3. The van der Waals surface area contributed by atoms with Crippen molar-refractivity contribution >= 4 is 75.7 Å². The molecule has 8 N–H and O–H groups in total. The Balaban J connectivity index is 0.660. The third-order valence-corrected chi connectivity index (χ3v) is 18.1. The van der Waals surface area contributed by atoms with E-state index >= 15 is 8.78 Å². The lowest BCUT2D eigenvalue weighted by atomic mass is 9.86. The number of esters is 1. The predicted molar refractivity (Wildman–Crippen MR) is 386 cm³/mol. The van der Waals surface area contributed by atoms with E-state index in [4.69, 9.17) is 57.1 Å². The number of ether oxygens (including phenoxy) is 11. The van der Waals surface area contributed by atoms with E-state index in [1.165, 1.54) is 17.6 Å². The minimum atomic E-state index is -2.08. The maximum Gasteiger partial charge on any atom is 0.343 e. The summed E-state index contributed by atoms with van der Waals surface area (Å²) in [6, 6.07) is 12.2. The van der Waals surface area contributed by atoms with E-state index in [-0.39, 0.29) is 101 Å². The summed E-state index contributed by atoms with van der Waals surface area (Å²) in [6.45, 7) is 5.48. The molecule has 0 bridgehead atoms. The number of hydrogen-bond acceptors (Lipinski definition) is 24. The number of rotatable bonds is 48. The van der Waals surface area contributed by atoms with Crippen molar-refractivity contribution in [1.82, 2.24) is 46.8 Å². The molecule has 3 aliphatic heterocycles. The number of aryl methyl sites for hydroxylation is 1. The maximum absolute atomic E-state index is 15.8. The fourth-order valence-corrected chi connectivity index (χ4v) is 12.4. The Labute approximate surface area is 631 Å². The first-order chi connectivity index (χ1) is 53.2. The molecular formula is C75H92F2N10O23. The first-order valence-corrected chi connectivity index (χ1v) is 36.2. The van der Waals surface area contributed by atoms with Crippen molar-refractivity contribution in [2.75, 3.05) is 151 Å². The summed E-state index contributed by atoms with van der Waals surface area (Å²) >= 11 is 0. The molecule has 3 atom stereocenters. The van der Waals surface area contributed by atoms with Crippen LogP contribution < -0.4 is 52.4 Å². The van der Waals surface area contributed by atoms with Crippen LogP contribution in [0.15, 0.2) is 71.5 Å². The van der Waals surface area contributed by atoms with Crippen LogP contribution in [0.25, 0.3) is 22.3 Å². The molecule has 9 rings (SSSR count). The van der Waals surface area contributed by atoms with Crippen molar-refractivity contribution in [3.8, 4) is 17.1 Å². The largest absolute Gasteiger partial charge is 0.490 e. The summed E-state index contributed by atoms with van der Waals surface area (Å²) in [5, 5.41) is 29.8. The Morgan fingerprint density at radius 2 is 1.25 bits per heavy atom. The number of hydrogen-bond donors (Lipinski definition) is 8. The van der Waals surface area contributed by atoms with Gasteiger partial charge in [0.05, 0.1) is 166 Å². The molecule has 5 aromatic rings. The highest BCUT2D eigenvalue weighted by Gasteiger charge is 2.46. The molecule has 0 spiro atoms. The number of methoxy groups -OCH3 is 1. The van der Waals surface area contributed by atoms with Gasteiger partial charge in [0, 0.05) is 73.8 Å². The van der Waals surface area contributed by atoms with E-state index in [9.17, 15) is 57.8 Å². The number of aromatic nitrogens is 2. The van der Waals surface area contributed by atoms with Gasteiger partial charge in [-0.15, -0.1) is 0 Å². The summed E-state index contributed by atoms with van der Waals surface area (Å²) in [6.07, 6.45) is 2.17. The van der Waals surface area contributed by atoms with Crippen LogP contribution in [0.4, 0.5) is 14.5 Å². The number of imide groups is 1. The Bertz CT molecular complexity index is 4200. The van der Waals surface area contributed by atoms with Crippen molar-refractivity contribution in [3.05, 3.63) is 133 Å². The van der Waals surface area contributed by atoms with Gasteiger partial charge in [0.15, 0.2) is 17.2 Å². The highest BCUT2D eigenvalue weighted by Crippen LogP contribution is 2.43. The fourth-order valence-electron chi connectivity index (χ4n) is 12.4. The van der Waals surface area contributed by atoms with Gasteiger partial charge >= 0.3 is 5.97 Å². The van der Waals surface area contributed by atoms with Crippen LogP contribution >= 0.6 is 0 Å². The number of cyclic esters (lactones) is 1. The summed E-state index contributed by atoms with van der Waals surface area (Å²) in [5.74, 6) is -9.61. The lowest BCUT2D eigenvalue weighted by Crippen LogP contribution is -2.52. The second kappa shape index (κ2) is 42.2. The number of carbonyl (C=O) groups excluding carboxylic acids is 10. The number of fused-ring (bicyclic) bond motifs is 7. The van der Waals surface area contributed by atoms with Gasteiger partial charge < -0.3 is 99.0 Å². The number of aliphatic hydroxyl groups is 1. The van der Waals surface area contributed by atoms with Crippen LogP contribution in [0.1, 0.15) is 88.8 Å². The van der Waals surface area contributed by atoms with Crippen LogP contribution in [0, 0.1) is 11.6 Å². The van der Waals surface area contributed by atoms with Gasteiger partial charge in [-0.25, -0.2) is 23.5 Å². The third kappa shape index (κ3) is 23.0. The quantitative estimate of drug-likeness (QED) is 0.0113. The van der Waals surface area contributed by atoms with Crippen LogP contribution in [-0.2, 0) is 135 Å². The Kier molecular flexibility index (Phi) is 32.2. The number of anilines is 1. The molecule has 1 aliphatic carbocycles. The van der Waals surface area contributed by atoms with E-state index in [0.717, 1.165) is 29.8 Å². The van der Waals surface area contributed by atoms with Crippen molar-refractivity contribution < 1.29 is 114 Å². The molecule has 9 amide bonds. The summed E-state index contributed by atoms with van der Waals surface area (Å²) in [5.41, 5.74) is 1.07. The van der Waals surface area contributed by atoms with Crippen molar-refractivity contribution in [3.63, 3.8) is 0 Å². The number of nitrogens with one attached hydrogen (secondary N) is 7. The monoisotopic (exact) mass is 1540 g/mol. The average Bonchev–Trinajstić information content (AvgIpc) is 1.53. The minimum Gasteiger partial charge on any atom is -0.490 e. The van der Waals surface area contributed by atoms with E-state index in [0.29, 0.717) is 148 Å². The molecule has 3 aromatic carbocycles. The van der Waals surface area contributed by atoms with Gasteiger partial charge in [0.2, 0.25) is 35.4 Å². The molecule has 0 fully saturated rings. The fraction of sp³-hybridized carbons (Fsp3) is 0.493. The first kappa shape index (κ1) is 83.9. The maximum atomic E-state index is 15.8. The lowest BCUT2D eigenvalue weighted by molar-refractivity contribution is -0.172. The van der Waals surface area contributed by atoms with E-state index in [2.05, 4.69) is 37.2 Å². The van der Waals surface area contributed by atoms with Gasteiger partial charge in [0.25, 0.3) is 23.3 Å². The lowest BCUT2D eigenvalue weighted by Gasteiger charge is -2.31. The molecule has 0 saturated carbocycles. The van der Waals surface area contributed by atoms with E-state index in [1.54, 1.807) is 50.4 Å². The average molecular weight is 1540 g/mol. The number of carbonyl (C=O) groups is 10. The van der Waals surface area contributed by atoms with E-state index < -0.39 is 126 Å². The highest BCUT2D eigenvalue weighted by atomic mass is 19.1. The molecule has 0 unspecified atom stereocenters. The van der Waals surface area contributed by atoms with Crippen molar-refractivity contribution in [1.29, 1.82) is 0 Å². The Hall–Kier alpha value is -10.1. The predicted octanol–water partition coefficient (Wildman–Crippen LogP) is 0.799. The minimum absolute atomic E-state index is 0.0204. The molecule has 35 heteroatoms. The zero-order valence-electron chi connectivity index (χ0n) is 61.5. The summed E-state index contributed by atoms with van der Waals surface area (Å²) < 4.78 is 92.6. The molecule has 110 heavy (non-hydrogen) atoms. The molecule has 0 saturated heterocycles. The molecule has 0 radical (unpaired) electrons. The number of benzene rings is 3. The van der Waals surface area contributed by atoms with Crippen LogP contribution in [-0.4, -0.2) is 232 Å². The van der Waals surface area contributed by atoms with E-state index in [1.807, 2.05) is 0 Å². The zero-order chi connectivity index (χ0) is 78.5.